The Kier molecular flexibility index (Phi) is 2.97. The van der Waals surface area contributed by atoms with Crippen LogP contribution in [-0.4, -0.2) is 20.6 Å². The van der Waals surface area contributed by atoms with Crippen molar-refractivity contribution in [2.24, 2.45) is 0 Å². The van der Waals surface area contributed by atoms with E-state index in [0.717, 1.165) is 15.9 Å². The van der Waals surface area contributed by atoms with E-state index in [1.165, 1.54) is 24.6 Å². The number of fused-ring (bicyclic) bond motifs is 1. The molecule has 0 amide bonds. The lowest BCUT2D eigenvalue weighted by Crippen LogP contribution is -2.27. The molecule has 2 aromatic rings. The third-order valence-corrected chi connectivity index (χ3v) is 3.84. The van der Waals surface area contributed by atoms with E-state index >= 15 is 0 Å². The van der Waals surface area contributed by atoms with Crippen LogP contribution < -0.4 is 5.56 Å². The number of hydrogen-bond donors (Lipinski definition) is 1. The zero-order valence-corrected chi connectivity index (χ0v) is 10.3. The van der Waals surface area contributed by atoms with Gasteiger partial charge >= 0.3 is 5.97 Å². The van der Waals surface area contributed by atoms with Crippen LogP contribution in [-0.2, 0) is 11.2 Å². The largest absolute Gasteiger partial charge is 0.480 e. The van der Waals surface area contributed by atoms with Crippen molar-refractivity contribution in [1.82, 2.24) is 9.55 Å². The number of carbonyl (C=O) groups is 1. The summed E-state index contributed by atoms with van der Waals surface area (Å²) in [6.45, 7) is 3.47. The molecule has 0 radical (unpaired) electrons. The van der Waals surface area contributed by atoms with E-state index in [9.17, 15) is 9.59 Å². The highest BCUT2D eigenvalue weighted by Crippen LogP contribution is 2.21. The van der Waals surface area contributed by atoms with Crippen molar-refractivity contribution in [3.63, 3.8) is 0 Å². The molecule has 0 bridgehead atoms. The average Bonchev–Trinajstić information content (AvgIpc) is 2.72. The minimum atomic E-state index is -1.04. The molecule has 17 heavy (non-hydrogen) atoms. The molecule has 0 spiro atoms. The van der Waals surface area contributed by atoms with E-state index in [1.54, 1.807) is 6.07 Å². The fraction of sp³-hybridized carbons (Fsp3) is 0.364. The summed E-state index contributed by atoms with van der Waals surface area (Å²) in [5.74, 6) is -1.04. The molecule has 6 heteroatoms. The van der Waals surface area contributed by atoms with Gasteiger partial charge in [0.05, 0.1) is 11.7 Å². The van der Waals surface area contributed by atoms with Crippen molar-refractivity contribution in [3.05, 3.63) is 27.6 Å². The second-order valence-electron chi connectivity index (χ2n) is 3.76. The SMILES string of the molecule is CCc1cc2c(=O)n([C@H](C)C(=O)O)cnc2s1. The molecule has 0 saturated carbocycles. The normalized spacial score (nSPS) is 12.8. The van der Waals surface area contributed by atoms with Crippen LogP contribution in [0.3, 0.4) is 0 Å². The van der Waals surface area contributed by atoms with Crippen LogP contribution in [0.2, 0.25) is 0 Å². The Morgan fingerprint density at radius 1 is 1.65 bits per heavy atom. The summed E-state index contributed by atoms with van der Waals surface area (Å²) in [7, 11) is 0. The Labute approximate surface area is 101 Å². The lowest BCUT2D eigenvalue weighted by atomic mass is 10.3. The predicted molar refractivity (Wildman–Crippen MR) is 65.6 cm³/mol. The van der Waals surface area contributed by atoms with Crippen molar-refractivity contribution >= 4 is 27.5 Å². The highest BCUT2D eigenvalue weighted by Gasteiger charge is 2.17. The maximum absolute atomic E-state index is 12.1. The fourth-order valence-electron chi connectivity index (χ4n) is 1.56. The van der Waals surface area contributed by atoms with Gasteiger partial charge in [-0.15, -0.1) is 11.3 Å². The molecule has 2 heterocycles. The number of rotatable bonds is 3. The smallest absolute Gasteiger partial charge is 0.326 e. The molecule has 1 N–H and O–H groups in total. The van der Waals surface area contributed by atoms with E-state index in [2.05, 4.69) is 4.98 Å². The van der Waals surface area contributed by atoms with Crippen LogP contribution in [0.1, 0.15) is 24.8 Å². The molecule has 0 fully saturated rings. The van der Waals surface area contributed by atoms with Gasteiger partial charge in [-0.3, -0.25) is 9.36 Å². The number of thiophene rings is 1. The first-order chi connectivity index (χ1) is 8.04. The van der Waals surface area contributed by atoms with Gasteiger partial charge in [0, 0.05) is 4.88 Å². The first-order valence-electron chi connectivity index (χ1n) is 5.27. The zero-order chi connectivity index (χ0) is 12.6. The second kappa shape index (κ2) is 4.29. The zero-order valence-electron chi connectivity index (χ0n) is 9.51. The van der Waals surface area contributed by atoms with Crippen LogP contribution in [0.4, 0.5) is 0 Å². The van der Waals surface area contributed by atoms with Crippen LogP contribution in [0, 0.1) is 0 Å². The number of aromatic nitrogens is 2. The highest BCUT2D eigenvalue weighted by molar-refractivity contribution is 7.18. The first kappa shape index (κ1) is 11.8. The molecule has 0 aliphatic rings. The highest BCUT2D eigenvalue weighted by atomic mass is 32.1. The number of carboxylic acids is 1. The third-order valence-electron chi connectivity index (χ3n) is 2.65. The van der Waals surface area contributed by atoms with Gasteiger partial charge in [0.1, 0.15) is 10.9 Å². The molecular weight excluding hydrogens is 240 g/mol. The van der Waals surface area contributed by atoms with Crippen molar-refractivity contribution in [1.29, 1.82) is 0 Å². The fourth-order valence-corrected chi connectivity index (χ4v) is 2.48. The van der Waals surface area contributed by atoms with E-state index in [0.29, 0.717) is 10.2 Å². The van der Waals surface area contributed by atoms with Crippen LogP contribution in [0.25, 0.3) is 10.2 Å². The molecular formula is C11H12N2O3S. The lowest BCUT2D eigenvalue weighted by molar-refractivity contribution is -0.140. The molecule has 0 unspecified atom stereocenters. The summed E-state index contributed by atoms with van der Waals surface area (Å²) < 4.78 is 1.15. The van der Waals surface area contributed by atoms with Crippen LogP contribution in [0.15, 0.2) is 17.2 Å². The second-order valence-corrected chi connectivity index (χ2v) is 4.87. The van der Waals surface area contributed by atoms with E-state index < -0.39 is 12.0 Å². The Hall–Kier alpha value is -1.69. The summed E-state index contributed by atoms with van der Waals surface area (Å²) in [5.41, 5.74) is -0.291. The van der Waals surface area contributed by atoms with Crippen molar-refractivity contribution in [2.75, 3.05) is 0 Å². The molecule has 2 aromatic heterocycles. The summed E-state index contributed by atoms with van der Waals surface area (Å²) in [5, 5.41) is 9.40. The maximum Gasteiger partial charge on any atom is 0.326 e. The Balaban J connectivity index is 2.65. The van der Waals surface area contributed by atoms with Crippen LogP contribution >= 0.6 is 11.3 Å². The van der Waals surface area contributed by atoms with Crippen LogP contribution in [0.5, 0.6) is 0 Å². The van der Waals surface area contributed by atoms with Gasteiger partial charge in [0.15, 0.2) is 0 Å². The van der Waals surface area contributed by atoms with Gasteiger partial charge in [0.25, 0.3) is 5.56 Å². The van der Waals surface area contributed by atoms with E-state index in [1.807, 2.05) is 6.92 Å². The van der Waals surface area contributed by atoms with Crippen molar-refractivity contribution in [3.8, 4) is 0 Å². The molecule has 0 aliphatic heterocycles. The number of carboxylic acid groups (broad SMARTS) is 1. The molecule has 0 saturated heterocycles. The number of aryl methyl sites for hydroxylation is 1. The molecule has 0 aliphatic carbocycles. The summed E-state index contributed by atoms with van der Waals surface area (Å²) in [6.07, 6.45) is 2.15. The lowest BCUT2D eigenvalue weighted by Gasteiger charge is -2.08. The predicted octanol–water partition coefficient (Wildman–Crippen LogP) is 1.67. The Bertz CT molecular complexity index is 629. The summed E-state index contributed by atoms with van der Waals surface area (Å²) in [4.78, 5) is 28.8. The van der Waals surface area contributed by atoms with Gasteiger partial charge < -0.3 is 5.11 Å². The summed E-state index contributed by atoms with van der Waals surface area (Å²) in [6, 6.07) is 0.893. The number of nitrogens with zero attached hydrogens (tertiary/aromatic N) is 2. The first-order valence-corrected chi connectivity index (χ1v) is 6.08. The van der Waals surface area contributed by atoms with E-state index in [4.69, 9.17) is 5.11 Å². The van der Waals surface area contributed by atoms with Gasteiger partial charge in [0.2, 0.25) is 0 Å². The molecule has 2 rings (SSSR count). The molecule has 5 nitrogen and oxygen atoms in total. The Morgan fingerprint density at radius 3 is 2.94 bits per heavy atom. The quantitative estimate of drug-likeness (QED) is 0.901. The molecule has 90 valence electrons. The van der Waals surface area contributed by atoms with Gasteiger partial charge in [-0.2, -0.15) is 0 Å². The maximum atomic E-state index is 12.1. The number of hydrogen-bond acceptors (Lipinski definition) is 4. The average molecular weight is 252 g/mol. The molecule has 1 atom stereocenters. The van der Waals surface area contributed by atoms with Gasteiger partial charge in [-0.1, -0.05) is 6.92 Å². The number of aliphatic carboxylic acids is 1. The summed E-state index contributed by atoms with van der Waals surface area (Å²) >= 11 is 1.47. The topological polar surface area (TPSA) is 72.2 Å². The Morgan fingerprint density at radius 2 is 2.35 bits per heavy atom. The van der Waals surface area contributed by atoms with E-state index in [-0.39, 0.29) is 5.56 Å². The van der Waals surface area contributed by atoms with Gasteiger partial charge in [-0.25, -0.2) is 9.78 Å². The minimum absolute atomic E-state index is 0.291. The standard InChI is InChI=1S/C11H12N2O3S/c1-3-7-4-8-9(17-7)12-5-13(10(8)14)6(2)11(15)16/h4-6H,3H2,1-2H3,(H,15,16)/t6-/m1/s1. The van der Waals surface area contributed by atoms with Gasteiger partial charge in [-0.05, 0) is 19.4 Å². The minimum Gasteiger partial charge on any atom is -0.480 e. The monoisotopic (exact) mass is 252 g/mol. The van der Waals surface area contributed by atoms with Crippen molar-refractivity contribution in [2.45, 2.75) is 26.3 Å². The third kappa shape index (κ3) is 1.95. The molecule has 0 aromatic carbocycles. The van der Waals surface area contributed by atoms with Crippen molar-refractivity contribution < 1.29 is 9.90 Å².